The summed E-state index contributed by atoms with van der Waals surface area (Å²) in [5.74, 6) is -2.02. The van der Waals surface area contributed by atoms with E-state index in [1.54, 1.807) is 0 Å². The van der Waals surface area contributed by atoms with Gasteiger partial charge in [0.1, 0.15) is 5.83 Å². The first-order valence-electron chi connectivity index (χ1n) is 10.3. The van der Waals surface area contributed by atoms with Gasteiger partial charge in [-0.2, -0.15) is 23.5 Å². The predicted molar refractivity (Wildman–Crippen MR) is 117 cm³/mol. The smallest absolute Gasteiger partial charge is 0.365 e. The fourth-order valence-corrected chi connectivity index (χ4v) is 4.36. The average molecular weight is 509 g/mol. The second-order valence-electron chi connectivity index (χ2n) is 7.97. The number of urea groups is 1. The highest BCUT2D eigenvalue weighted by Crippen LogP contribution is 2.36. The molecule has 13 heteroatoms. The third-order valence-corrected chi connectivity index (χ3v) is 5.92. The van der Waals surface area contributed by atoms with E-state index in [0.29, 0.717) is 11.8 Å². The Morgan fingerprint density at radius 1 is 1.29 bits per heavy atom. The molecule has 35 heavy (non-hydrogen) atoms. The minimum Gasteiger partial charge on any atom is -0.365 e. The van der Waals surface area contributed by atoms with E-state index in [2.05, 4.69) is 10.4 Å². The van der Waals surface area contributed by atoms with Gasteiger partial charge in [0.25, 0.3) is 5.91 Å². The summed E-state index contributed by atoms with van der Waals surface area (Å²) < 4.78 is 55.1. The van der Waals surface area contributed by atoms with Crippen molar-refractivity contribution >= 4 is 29.2 Å². The molecule has 8 nitrogen and oxygen atoms in total. The first-order chi connectivity index (χ1) is 16.5. The summed E-state index contributed by atoms with van der Waals surface area (Å²) in [4.78, 5) is 26.4. The number of anilines is 1. The molecule has 2 aromatic rings. The summed E-state index contributed by atoms with van der Waals surface area (Å²) in [6, 6.07) is 3.59. The predicted octanol–water partition coefficient (Wildman–Crippen LogP) is 4.38. The maximum absolute atomic E-state index is 13.9. The number of alkyl halides is 3. The molecule has 0 fully saturated rings. The topological polar surface area (TPSA) is 117 Å². The van der Waals surface area contributed by atoms with E-state index >= 15 is 0 Å². The van der Waals surface area contributed by atoms with Gasteiger partial charge in [0.15, 0.2) is 0 Å². The number of primary amides is 1. The summed E-state index contributed by atoms with van der Waals surface area (Å²) >= 11 is 5.99. The highest BCUT2D eigenvalue weighted by Gasteiger charge is 2.35. The van der Waals surface area contributed by atoms with Crippen LogP contribution in [0.4, 0.5) is 28.0 Å². The van der Waals surface area contributed by atoms with Crippen LogP contribution < -0.4 is 11.1 Å². The minimum atomic E-state index is -4.78. The van der Waals surface area contributed by atoms with Crippen LogP contribution in [-0.2, 0) is 19.3 Å². The highest BCUT2D eigenvalue weighted by atomic mass is 35.5. The molecule has 1 aliphatic heterocycles. The number of nitrogens with zero attached hydrogens (tertiary/aromatic N) is 4. The molecule has 0 spiro atoms. The minimum absolute atomic E-state index is 0.0423. The summed E-state index contributed by atoms with van der Waals surface area (Å²) in [5, 5.41) is 16.0. The van der Waals surface area contributed by atoms with Crippen LogP contribution >= 0.6 is 11.6 Å². The summed E-state index contributed by atoms with van der Waals surface area (Å²) in [7, 11) is 0. The van der Waals surface area contributed by atoms with E-state index in [9.17, 15) is 27.2 Å². The van der Waals surface area contributed by atoms with Crippen LogP contribution in [0.3, 0.4) is 0 Å². The average Bonchev–Trinajstić information content (AvgIpc) is 3.17. The van der Waals surface area contributed by atoms with Crippen molar-refractivity contribution in [3.05, 3.63) is 69.3 Å². The van der Waals surface area contributed by atoms with E-state index in [0.717, 1.165) is 12.1 Å². The number of hydrogen-bond donors (Lipinski definition) is 2. The molecule has 1 unspecified atom stereocenters. The van der Waals surface area contributed by atoms with Gasteiger partial charge in [0, 0.05) is 23.2 Å². The van der Waals surface area contributed by atoms with E-state index in [1.807, 2.05) is 0 Å². The lowest BCUT2D eigenvalue weighted by atomic mass is 9.93. The zero-order valence-electron chi connectivity index (χ0n) is 17.9. The van der Waals surface area contributed by atoms with Gasteiger partial charge in [0.05, 0.1) is 47.2 Å². The number of allylic oxidation sites excluding steroid dienone is 4. The van der Waals surface area contributed by atoms with Gasteiger partial charge >= 0.3 is 12.2 Å². The number of carbonyl (C=O) groups excluding carboxylic acids is 2. The lowest BCUT2D eigenvalue weighted by Gasteiger charge is -2.28. The number of nitrogens with two attached hydrogens (primary N) is 1. The summed E-state index contributed by atoms with van der Waals surface area (Å²) in [6.07, 6.45) is -2.12. The van der Waals surface area contributed by atoms with Crippen LogP contribution in [0.5, 0.6) is 0 Å². The molecule has 1 atom stereocenters. The Balaban J connectivity index is 1.59. The van der Waals surface area contributed by atoms with Crippen molar-refractivity contribution in [2.75, 3.05) is 11.9 Å². The second-order valence-corrected chi connectivity index (χ2v) is 8.45. The lowest BCUT2D eigenvalue weighted by molar-refractivity contribution is -0.137. The van der Waals surface area contributed by atoms with Crippen LogP contribution in [0.25, 0.3) is 0 Å². The number of rotatable bonds is 3. The Labute approximate surface area is 201 Å². The van der Waals surface area contributed by atoms with Gasteiger partial charge in [0.2, 0.25) is 0 Å². The maximum Gasteiger partial charge on any atom is 0.417 e. The Kier molecular flexibility index (Phi) is 6.29. The Morgan fingerprint density at radius 3 is 2.66 bits per heavy atom. The number of halogens is 5. The largest absolute Gasteiger partial charge is 0.417 e. The van der Waals surface area contributed by atoms with Crippen LogP contribution in [0.15, 0.2) is 41.2 Å². The van der Waals surface area contributed by atoms with Gasteiger partial charge in [-0.25, -0.2) is 9.18 Å². The molecule has 4 rings (SSSR count). The zero-order valence-corrected chi connectivity index (χ0v) is 18.6. The van der Waals surface area contributed by atoms with Crippen molar-refractivity contribution in [1.82, 2.24) is 14.7 Å². The monoisotopic (exact) mass is 508 g/mol. The summed E-state index contributed by atoms with van der Waals surface area (Å²) in [6.45, 7) is 0.199. The molecular weight excluding hydrogens is 492 g/mol. The van der Waals surface area contributed by atoms with Crippen molar-refractivity contribution in [2.45, 2.75) is 31.6 Å². The summed E-state index contributed by atoms with van der Waals surface area (Å²) in [5.41, 5.74) is 4.29. The van der Waals surface area contributed by atoms with Crippen LogP contribution in [0.2, 0.25) is 0 Å². The maximum atomic E-state index is 13.9. The van der Waals surface area contributed by atoms with Crippen LogP contribution in [0.1, 0.15) is 45.2 Å². The van der Waals surface area contributed by atoms with Gasteiger partial charge in [-0.05, 0) is 36.8 Å². The molecule has 0 bridgehead atoms. The first kappa shape index (κ1) is 24.3. The normalized spacial score (nSPS) is 17.7. The molecule has 182 valence electrons. The van der Waals surface area contributed by atoms with E-state index < -0.39 is 41.0 Å². The Hall–Kier alpha value is -3.85. The molecule has 1 aromatic carbocycles. The highest BCUT2D eigenvalue weighted by molar-refractivity contribution is 6.29. The third kappa shape index (κ3) is 4.85. The molecule has 0 saturated heterocycles. The van der Waals surface area contributed by atoms with Gasteiger partial charge < -0.3 is 16.0 Å². The van der Waals surface area contributed by atoms with Crippen LogP contribution in [-0.4, -0.2) is 33.2 Å². The second kappa shape index (κ2) is 9.07. The number of hydrogen-bond acceptors (Lipinski definition) is 4. The number of nitriles is 1. The lowest BCUT2D eigenvalue weighted by Crippen LogP contribution is -2.41. The number of carbonyl (C=O) groups is 2. The zero-order chi connectivity index (χ0) is 25.5. The molecule has 0 saturated carbocycles. The van der Waals surface area contributed by atoms with Gasteiger partial charge in [-0.3, -0.25) is 9.48 Å². The molecule has 1 aliphatic carbocycles. The standard InChI is InChI=1S/C22H17ClF4N6O2/c23-13-5-12(6-14(24)7-13)19-18(20(29)34)17-10-32(3-4-33(17)31-19)21(35)30-15-2-1-11(9-28)16(8-15)22(25,26)27/h1-2,6-8,12H,3-5,10H2,(H2,29,34)(H,30,35). The van der Waals surface area contributed by atoms with Crippen molar-refractivity contribution in [1.29, 1.82) is 5.26 Å². The van der Waals surface area contributed by atoms with Crippen molar-refractivity contribution in [2.24, 2.45) is 5.73 Å². The molecule has 0 radical (unpaired) electrons. The quantitative estimate of drug-likeness (QED) is 0.598. The molecule has 2 aliphatic rings. The number of aromatic nitrogens is 2. The third-order valence-electron chi connectivity index (χ3n) is 5.66. The van der Waals surface area contributed by atoms with Crippen molar-refractivity contribution in [3.63, 3.8) is 0 Å². The fraction of sp³-hybridized carbons (Fsp3) is 0.273. The van der Waals surface area contributed by atoms with E-state index in [-0.39, 0.29) is 48.0 Å². The fourth-order valence-electron chi connectivity index (χ4n) is 4.09. The Morgan fingerprint density at radius 2 is 2.03 bits per heavy atom. The van der Waals surface area contributed by atoms with E-state index in [1.165, 1.54) is 27.8 Å². The first-order valence-corrected chi connectivity index (χ1v) is 10.7. The molecule has 3 amide bonds. The molecular formula is C22H17ClF4N6O2. The number of amides is 3. The number of fused-ring (bicyclic) bond motifs is 1. The molecule has 2 heterocycles. The SMILES string of the molecule is N#Cc1ccc(NC(=O)N2CCn3nc(C4C=C(F)C=C(Cl)C4)c(C(N)=O)c3C2)cc1C(F)(F)F. The van der Waals surface area contributed by atoms with Crippen molar-refractivity contribution in [3.8, 4) is 6.07 Å². The van der Waals surface area contributed by atoms with Gasteiger partial charge in [-0.1, -0.05) is 11.6 Å². The van der Waals surface area contributed by atoms with Gasteiger partial charge in [-0.15, -0.1) is 0 Å². The molecule has 3 N–H and O–H groups in total. The van der Waals surface area contributed by atoms with Crippen molar-refractivity contribution < 1.29 is 27.2 Å². The Bertz CT molecular complexity index is 1320. The van der Waals surface area contributed by atoms with Crippen LogP contribution in [0, 0.1) is 11.3 Å². The number of nitrogens with one attached hydrogen (secondary N) is 1. The molecule has 1 aromatic heterocycles. The number of benzene rings is 1. The van der Waals surface area contributed by atoms with E-state index in [4.69, 9.17) is 22.6 Å².